The van der Waals surface area contributed by atoms with Gasteiger partial charge in [-0.05, 0) is 24.3 Å². The first-order valence-corrected chi connectivity index (χ1v) is 6.63. The fourth-order valence-electron chi connectivity index (χ4n) is 1.52. The van der Waals surface area contributed by atoms with Crippen molar-refractivity contribution in [2.45, 2.75) is 31.7 Å². The zero-order chi connectivity index (χ0) is 14.3. The third-order valence-corrected chi connectivity index (χ3v) is 3.36. The average Bonchev–Trinajstić information content (AvgIpc) is 2.80. The first-order valence-electron chi connectivity index (χ1n) is 5.75. The van der Waals surface area contributed by atoms with Crippen LogP contribution in [0.25, 0.3) is 0 Å². The van der Waals surface area contributed by atoms with Gasteiger partial charge in [0, 0.05) is 11.3 Å². The molecule has 0 spiro atoms. The quantitative estimate of drug-likeness (QED) is 0.664. The maximum Gasteiger partial charge on any atom is 0.326 e. The number of aryl methyl sites for hydroxylation is 1. The van der Waals surface area contributed by atoms with Crippen LogP contribution in [0.3, 0.4) is 0 Å². The van der Waals surface area contributed by atoms with Crippen LogP contribution in [0.15, 0.2) is 17.5 Å². The summed E-state index contributed by atoms with van der Waals surface area (Å²) in [6, 6.07) is 2.52. The zero-order valence-corrected chi connectivity index (χ0v) is 11.0. The number of hydrogen-bond donors (Lipinski definition) is 3. The van der Waals surface area contributed by atoms with Crippen LogP contribution in [0.2, 0.25) is 0 Å². The van der Waals surface area contributed by atoms with Gasteiger partial charge in [0.05, 0.1) is 6.42 Å². The van der Waals surface area contributed by atoms with Crippen LogP contribution >= 0.6 is 11.3 Å². The lowest BCUT2D eigenvalue weighted by Crippen LogP contribution is -2.42. The molecule has 104 valence electrons. The number of aliphatic carboxylic acids is 2. The molecule has 19 heavy (non-hydrogen) atoms. The summed E-state index contributed by atoms with van der Waals surface area (Å²) in [5, 5.41) is 21.5. The summed E-state index contributed by atoms with van der Waals surface area (Å²) >= 11 is 1.60. The molecular formula is C12H15NO5S. The van der Waals surface area contributed by atoms with Gasteiger partial charge in [-0.25, -0.2) is 4.79 Å². The molecule has 0 aliphatic rings. The van der Waals surface area contributed by atoms with Crippen molar-refractivity contribution in [2.75, 3.05) is 0 Å². The molecular weight excluding hydrogens is 270 g/mol. The molecule has 0 saturated heterocycles. The van der Waals surface area contributed by atoms with Crippen LogP contribution < -0.4 is 5.32 Å². The minimum atomic E-state index is -1.37. The summed E-state index contributed by atoms with van der Waals surface area (Å²) in [6.45, 7) is 0. The smallest absolute Gasteiger partial charge is 0.326 e. The molecule has 1 aromatic heterocycles. The highest BCUT2D eigenvalue weighted by molar-refractivity contribution is 7.09. The van der Waals surface area contributed by atoms with E-state index in [1.165, 1.54) is 0 Å². The molecule has 0 bridgehead atoms. The van der Waals surface area contributed by atoms with E-state index in [4.69, 9.17) is 10.2 Å². The number of amides is 1. The second-order valence-corrected chi connectivity index (χ2v) is 5.02. The third kappa shape index (κ3) is 6.01. The van der Waals surface area contributed by atoms with Crippen LogP contribution in [0.1, 0.15) is 24.1 Å². The summed E-state index contributed by atoms with van der Waals surface area (Å²) in [6.07, 6.45) is 0.917. The maximum atomic E-state index is 11.5. The number of thiophene rings is 1. The lowest BCUT2D eigenvalue weighted by molar-refractivity contribution is -0.147. The van der Waals surface area contributed by atoms with Crippen molar-refractivity contribution >= 4 is 29.2 Å². The highest BCUT2D eigenvalue weighted by atomic mass is 32.1. The summed E-state index contributed by atoms with van der Waals surface area (Å²) in [4.78, 5) is 33.9. The van der Waals surface area contributed by atoms with Gasteiger partial charge in [0.2, 0.25) is 5.91 Å². The average molecular weight is 285 g/mol. The molecule has 0 fully saturated rings. The maximum absolute atomic E-state index is 11.5. The van der Waals surface area contributed by atoms with Gasteiger partial charge >= 0.3 is 11.9 Å². The minimum absolute atomic E-state index is 0.182. The predicted octanol–water partition coefficient (Wildman–Crippen LogP) is 1.11. The molecule has 1 heterocycles. The Labute approximate surface area is 114 Å². The van der Waals surface area contributed by atoms with E-state index in [1.807, 2.05) is 17.5 Å². The van der Waals surface area contributed by atoms with E-state index < -0.39 is 30.3 Å². The van der Waals surface area contributed by atoms with Gasteiger partial charge in [-0.2, -0.15) is 0 Å². The molecule has 0 unspecified atom stereocenters. The Balaban J connectivity index is 2.32. The summed E-state index contributed by atoms with van der Waals surface area (Å²) < 4.78 is 0. The van der Waals surface area contributed by atoms with Gasteiger partial charge in [-0.1, -0.05) is 6.07 Å². The van der Waals surface area contributed by atoms with E-state index in [-0.39, 0.29) is 6.42 Å². The number of carboxylic acids is 2. The number of hydrogen-bond acceptors (Lipinski definition) is 4. The summed E-state index contributed by atoms with van der Waals surface area (Å²) in [5.41, 5.74) is 0. The van der Waals surface area contributed by atoms with Crippen molar-refractivity contribution in [3.63, 3.8) is 0 Å². The zero-order valence-electron chi connectivity index (χ0n) is 10.2. The summed E-state index contributed by atoms with van der Waals surface area (Å²) in [7, 11) is 0. The van der Waals surface area contributed by atoms with Gasteiger partial charge in [0.1, 0.15) is 6.04 Å². The molecule has 0 aromatic carbocycles. The van der Waals surface area contributed by atoms with Gasteiger partial charge in [-0.3, -0.25) is 9.59 Å². The predicted molar refractivity (Wildman–Crippen MR) is 69.1 cm³/mol. The fourth-order valence-corrected chi connectivity index (χ4v) is 2.27. The van der Waals surface area contributed by atoms with E-state index in [1.54, 1.807) is 11.3 Å². The van der Waals surface area contributed by atoms with Crippen LogP contribution in [-0.2, 0) is 20.8 Å². The lowest BCUT2D eigenvalue weighted by atomic mass is 10.1. The number of carbonyl (C=O) groups excluding carboxylic acids is 1. The minimum Gasteiger partial charge on any atom is -0.481 e. The molecule has 1 atom stereocenters. The molecule has 0 saturated carbocycles. The Kier molecular flexibility index (Phi) is 6.01. The molecule has 0 radical (unpaired) electrons. The monoisotopic (exact) mass is 285 g/mol. The third-order valence-electron chi connectivity index (χ3n) is 2.42. The molecule has 7 heteroatoms. The Bertz CT molecular complexity index is 443. The van der Waals surface area contributed by atoms with E-state index >= 15 is 0 Å². The SMILES string of the molecule is O=C(O)C[C@@H](NC(=O)CCCc1cccs1)C(=O)O. The van der Waals surface area contributed by atoms with E-state index in [2.05, 4.69) is 5.32 Å². The van der Waals surface area contributed by atoms with Crippen molar-refractivity contribution in [1.29, 1.82) is 0 Å². The van der Waals surface area contributed by atoms with Crippen LogP contribution in [0, 0.1) is 0 Å². The molecule has 1 aromatic rings. The molecule has 0 aliphatic heterocycles. The van der Waals surface area contributed by atoms with E-state index in [9.17, 15) is 14.4 Å². The Morgan fingerprint density at radius 3 is 2.58 bits per heavy atom. The van der Waals surface area contributed by atoms with Crippen molar-refractivity contribution in [1.82, 2.24) is 5.32 Å². The van der Waals surface area contributed by atoms with E-state index in [0.29, 0.717) is 6.42 Å². The van der Waals surface area contributed by atoms with Gasteiger partial charge in [0.15, 0.2) is 0 Å². The Morgan fingerprint density at radius 2 is 2.05 bits per heavy atom. The molecule has 1 rings (SSSR count). The second kappa shape index (κ2) is 7.52. The van der Waals surface area contributed by atoms with Crippen LogP contribution in [0.5, 0.6) is 0 Å². The summed E-state index contributed by atoms with van der Waals surface area (Å²) in [5.74, 6) is -3.04. The molecule has 1 amide bonds. The fraction of sp³-hybridized carbons (Fsp3) is 0.417. The number of rotatable bonds is 8. The van der Waals surface area contributed by atoms with E-state index in [0.717, 1.165) is 11.3 Å². The second-order valence-electron chi connectivity index (χ2n) is 3.99. The number of carbonyl (C=O) groups is 3. The normalized spacial score (nSPS) is 11.8. The molecule has 6 nitrogen and oxygen atoms in total. The van der Waals surface area contributed by atoms with Crippen molar-refractivity contribution in [3.8, 4) is 0 Å². The Morgan fingerprint density at radius 1 is 1.32 bits per heavy atom. The number of nitrogens with one attached hydrogen (secondary N) is 1. The van der Waals surface area contributed by atoms with Crippen LogP contribution in [0.4, 0.5) is 0 Å². The highest BCUT2D eigenvalue weighted by Gasteiger charge is 2.22. The van der Waals surface area contributed by atoms with Gasteiger partial charge in [-0.15, -0.1) is 11.3 Å². The number of carboxylic acid groups (broad SMARTS) is 2. The topological polar surface area (TPSA) is 104 Å². The highest BCUT2D eigenvalue weighted by Crippen LogP contribution is 2.11. The standard InChI is InChI=1S/C12H15NO5S/c14-10(5-1-3-8-4-2-6-19-8)13-9(12(17)18)7-11(15)16/h2,4,6,9H,1,3,5,7H2,(H,13,14)(H,15,16)(H,17,18)/t9-/m1/s1. The van der Waals surface area contributed by atoms with Gasteiger partial charge < -0.3 is 15.5 Å². The molecule has 0 aliphatic carbocycles. The molecule has 3 N–H and O–H groups in total. The first-order chi connectivity index (χ1) is 8.99. The van der Waals surface area contributed by atoms with Crippen LogP contribution in [-0.4, -0.2) is 34.1 Å². The lowest BCUT2D eigenvalue weighted by Gasteiger charge is -2.12. The van der Waals surface area contributed by atoms with Crippen molar-refractivity contribution in [2.24, 2.45) is 0 Å². The van der Waals surface area contributed by atoms with Crippen molar-refractivity contribution in [3.05, 3.63) is 22.4 Å². The first kappa shape index (κ1) is 15.2. The largest absolute Gasteiger partial charge is 0.481 e. The van der Waals surface area contributed by atoms with Crippen molar-refractivity contribution < 1.29 is 24.6 Å². The Hall–Kier alpha value is -1.89. The van der Waals surface area contributed by atoms with Gasteiger partial charge in [0.25, 0.3) is 0 Å².